The fourth-order valence-corrected chi connectivity index (χ4v) is 2.87. The highest BCUT2D eigenvalue weighted by Crippen LogP contribution is 2.37. The highest BCUT2D eigenvalue weighted by atomic mass is 35.5. The molecule has 2 unspecified atom stereocenters. The summed E-state index contributed by atoms with van der Waals surface area (Å²) in [6, 6.07) is 7.91. The lowest BCUT2D eigenvalue weighted by Gasteiger charge is -2.20. The number of hydrogen-bond donors (Lipinski definition) is 1. The van der Waals surface area contributed by atoms with Crippen LogP contribution in [-0.4, -0.2) is 35.1 Å². The van der Waals surface area contributed by atoms with Crippen molar-refractivity contribution >= 4 is 17.6 Å². The minimum absolute atomic E-state index is 0.0152. The third-order valence-electron chi connectivity index (χ3n) is 3.70. The van der Waals surface area contributed by atoms with Crippen LogP contribution in [0.1, 0.15) is 25.3 Å². The highest BCUT2D eigenvalue weighted by molar-refractivity contribution is 6.31. The summed E-state index contributed by atoms with van der Waals surface area (Å²) in [4.78, 5) is 13.6. The highest BCUT2D eigenvalue weighted by Gasteiger charge is 2.39. The number of likely N-dealkylation sites (tertiary alicyclic amines) is 1. The van der Waals surface area contributed by atoms with Crippen LogP contribution < -0.4 is 0 Å². The molecule has 0 spiro atoms. The Bertz CT molecular complexity index is 447. The Morgan fingerprint density at radius 3 is 2.61 bits per heavy atom. The van der Waals surface area contributed by atoms with E-state index in [9.17, 15) is 9.90 Å². The Labute approximate surface area is 112 Å². The maximum absolute atomic E-state index is 11.4. The fraction of sp³-hybridized carbons (Fsp3) is 0.500. The molecular weight excluding hydrogens is 250 g/mol. The zero-order valence-electron chi connectivity index (χ0n) is 10.6. The van der Waals surface area contributed by atoms with Gasteiger partial charge >= 0.3 is 5.97 Å². The molecule has 2 atom stereocenters. The first kappa shape index (κ1) is 13.4. The van der Waals surface area contributed by atoms with Crippen molar-refractivity contribution < 1.29 is 9.90 Å². The van der Waals surface area contributed by atoms with Crippen LogP contribution in [0.2, 0.25) is 5.02 Å². The van der Waals surface area contributed by atoms with E-state index in [0.717, 1.165) is 12.1 Å². The molecule has 3 nitrogen and oxygen atoms in total. The van der Waals surface area contributed by atoms with E-state index < -0.39 is 5.97 Å². The molecular formula is C14H18ClNO2. The Morgan fingerprint density at radius 1 is 1.39 bits per heavy atom. The predicted molar refractivity (Wildman–Crippen MR) is 72.0 cm³/mol. The van der Waals surface area contributed by atoms with Crippen molar-refractivity contribution in [3.05, 3.63) is 34.9 Å². The SMILES string of the molecule is CC(C)N1CC(C(=O)O)C(c2ccccc2Cl)C1. The summed E-state index contributed by atoms with van der Waals surface area (Å²) in [5.74, 6) is -1.12. The lowest BCUT2D eigenvalue weighted by Crippen LogP contribution is -2.29. The van der Waals surface area contributed by atoms with Gasteiger partial charge < -0.3 is 5.11 Å². The second-order valence-electron chi connectivity index (χ2n) is 5.12. The van der Waals surface area contributed by atoms with E-state index in [2.05, 4.69) is 18.7 Å². The molecule has 1 aliphatic heterocycles. The zero-order valence-corrected chi connectivity index (χ0v) is 11.4. The lowest BCUT2D eigenvalue weighted by molar-refractivity contribution is -0.141. The molecule has 18 heavy (non-hydrogen) atoms. The van der Waals surface area contributed by atoms with Crippen LogP contribution in [0.4, 0.5) is 0 Å². The monoisotopic (exact) mass is 267 g/mol. The first-order valence-electron chi connectivity index (χ1n) is 6.22. The Balaban J connectivity index is 2.30. The molecule has 0 amide bonds. The molecule has 1 aliphatic rings. The van der Waals surface area contributed by atoms with Crippen LogP contribution in [0.15, 0.2) is 24.3 Å². The van der Waals surface area contributed by atoms with Gasteiger partial charge in [0.05, 0.1) is 5.92 Å². The van der Waals surface area contributed by atoms with E-state index in [4.69, 9.17) is 11.6 Å². The van der Waals surface area contributed by atoms with E-state index in [-0.39, 0.29) is 11.8 Å². The van der Waals surface area contributed by atoms with Crippen molar-refractivity contribution in [2.45, 2.75) is 25.8 Å². The average molecular weight is 268 g/mol. The Hall–Kier alpha value is -1.06. The summed E-state index contributed by atoms with van der Waals surface area (Å²) < 4.78 is 0. The Kier molecular flexibility index (Phi) is 3.93. The van der Waals surface area contributed by atoms with Gasteiger partial charge in [-0.05, 0) is 25.5 Å². The molecule has 0 bridgehead atoms. The largest absolute Gasteiger partial charge is 0.481 e. The van der Waals surface area contributed by atoms with Crippen LogP contribution in [0.5, 0.6) is 0 Å². The number of halogens is 1. The number of carboxylic acids is 1. The molecule has 1 saturated heterocycles. The second-order valence-corrected chi connectivity index (χ2v) is 5.53. The average Bonchev–Trinajstić information content (AvgIpc) is 2.74. The van der Waals surface area contributed by atoms with Gasteiger partial charge in [0.25, 0.3) is 0 Å². The minimum Gasteiger partial charge on any atom is -0.481 e. The molecule has 0 aliphatic carbocycles. The Morgan fingerprint density at radius 2 is 2.06 bits per heavy atom. The van der Waals surface area contributed by atoms with Crippen LogP contribution in [-0.2, 0) is 4.79 Å². The third-order valence-corrected chi connectivity index (χ3v) is 4.04. The molecule has 2 rings (SSSR count). The van der Waals surface area contributed by atoms with Crippen LogP contribution in [0.25, 0.3) is 0 Å². The molecule has 4 heteroatoms. The van der Waals surface area contributed by atoms with E-state index in [0.29, 0.717) is 17.6 Å². The summed E-state index contributed by atoms with van der Waals surface area (Å²) in [7, 11) is 0. The van der Waals surface area contributed by atoms with Gasteiger partial charge in [-0.25, -0.2) is 0 Å². The summed E-state index contributed by atoms with van der Waals surface area (Å²) in [6.07, 6.45) is 0. The van der Waals surface area contributed by atoms with Gasteiger partial charge in [0.2, 0.25) is 0 Å². The smallest absolute Gasteiger partial charge is 0.308 e. The predicted octanol–water partition coefficient (Wildman–Crippen LogP) is 2.85. The summed E-state index contributed by atoms with van der Waals surface area (Å²) in [5, 5.41) is 10.0. The standard InChI is InChI=1S/C14H18ClNO2/c1-9(2)16-7-11(12(8-16)14(17)18)10-5-3-4-6-13(10)15/h3-6,9,11-12H,7-8H2,1-2H3,(H,17,18). The number of carboxylic acid groups (broad SMARTS) is 1. The van der Waals surface area contributed by atoms with Gasteiger partial charge in [-0.2, -0.15) is 0 Å². The van der Waals surface area contributed by atoms with Gasteiger partial charge in [0, 0.05) is 30.1 Å². The fourth-order valence-electron chi connectivity index (χ4n) is 2.60. The van der Waals surface area contributed by atoms with Gasteiger partial charge in [0.1, 0.15) is 0 Å². The number of benzene rings is 1. The number of nitrogens with zero attached hydrogens (tertiary/aromatic N) is 1. The first-order chi connectivity index (χ1) is 8.50. The number of hydrogen-bond acceptors (Lipinski definition) is 2. The van der Waals surface area contributed by atoms with Crippen molar-refractivity contribution in [2.24, 2.45) is 5.92 Å². The summed E-state index contributed by atoms with van der Waals surface area (Å²) in [6.45, 7) is 5.54. The lowest BCUT2D eigenvalue weighted by atomic mass is 9.89. The van der Waals surface area contributed by atoms with Crippen molar-refractivity contribution in [1.82, 2.24) is 4.90 Å². The quantitative estimate of drug-likeness (QED) is 0.916. The topological polar surface area (TPSA) is 40.5 Å². The first-order valence-corrected chi connectivity index (χ1v) is 6.59. The maximum Gasteiger partial charge on any atom is 0.308 e. The van der Waals surface area contributed by atoms with Crippen molar-refractivity contribution in [3.63, 3.8) is 0 Å². The van der Waals surface area contributed by atoms with Gasteiger partial charge in [-0.3, -0.25) is 9.69 Å². The number of aliphatic carboxylic acids is 1. The van der Waals surface area contributed by atoms with E-state index in [1.54, 1.807) is 0 Å². The van der Waals surface area contributed by atoms with Crippen LogP contribution >= 0.6 is 11.6 Å². The number of rotatable bonds is 3. The van der Waals surface area contributed by atoms with Crippen molar-refractivity contribution in [3.8, 4) is 0 Å². The summed E-state index contributed by atoms with van der Waals surface area (Å²) >= 11 is 6.19. The maximum atomic E-state index is 11.4. The number of carbonyl (C=O) groups is 1. The molecule has 0 radical (unpaired) electrons. The van der Waals surface area contributed by atoms with Crippen molar-refractivity contribution in [1.29, 1.82) is 0 Å². The van der Waals surface area contributed by atoms with E-state index >= 15 is 0 Å². The normalized spacial score (nSPS) is 24.7. The van der Waals surface area contributed by atoms with Crippen LogP contribution in [0, 0.1) is 5.92 Å². The molecule has 1 N–H and O–H groups in total. The molecule has 0 saturated carbocycles. The zero-order chi connectivity index (χ0) is 13.3. The second kappa shape index (κ2) is 5.29. The van der Waals surface area contributed by atoms with E-state index in [1.165, 1.54) is 0 Å². The third kappa shape index (κ3) is 2.52. The molecule has 98 valence electrons. The minimum atomic E-state index is -0.733. The molecule has 1 aromatic carbocycles. The van der Waals surface area contributed by atoms with Gasteiger partial charge in [0.15, 0.2) is 0 Å². The van der Waals surface area contributed by atoms with Gasteiger partial charge in [-0.1, -0.05) is 29.8 Å². The van der Waals surface area contributed by atoms with Crippen LogP contribution in [0.3, 0.4) is 0 Å². The molecule has 1 heterocycles. The van der Waals surface area contributed by atoms with Crippen molar-refractivity contribution in [2.75, 3.05) is 13.1 Å². The summed E-state index contributed by atoms with van der Waals surface area (Å²) in [5.41, 5.74) is 0.953. The molecule has 1 fully saturated rings. The molecule has 0 aromatic heterocycles. The van der Waals surface area contributed by atoms with E-state index in [1.807, 2.05) is 24.3 Å². The molecule has 1 aromatic rings. The van der Waals surface area contributed by atoms with Gasteiger partial charge in [-0.15, -0.1) is 0 Å².